The zero-order chi connectivity index (χ0) is 15.2. The topological polar surface area (TPSA) is 23.5 Å². The number of hydrogen-bond acceptors (Lipinski definition) is 2. The molecule has 0 saturated heterocycles. The smallest absolute Gasteiger partial charge is 0.0917 e. The van der Waals surface area contributed by atoms with E-state index in [-0.39, 0.29) is 12.4 Å². The van der Waals surface area contributed by atoms with Crippen LogP contribution in [-0.2, 0) is 6.42 Å². The highest BCUT2D eigenvalue weighted by molar-refractivity contribution is 5.85. The molecule has 1 heterocycles. The molecule has 1 unspecified atom stereocenters. The minimum absolute atomic E-state index is 0. The van der Waals surface area contributed by atoms with Gasteiger partial charge in [0.05, 0.1) is 6.10 Å². The van der Waals surface area contributed by atoms with Crippen LogP contribution in [-0.4, -0.2) is 29.6 Å². The minimum Gasteiger partial charge on any atom is -0.387 e. The van der Waals surface area contributed by atoms with Gasteiger partial charge in [-0.15, -0.1) is 12.4 Å². The van der Waals surface area contributed by atoms with E-state index in [0.29, 0.717) is 6.54 Å². The van der Waals surface area contributed by atoms with Gasteiger partial charge in [-0.1, -0.05) is 72.3 Å². The molecule has 2 aromatic carbocycles. The first-order valence-corrected chi connectivity index (χ1v) is 7.98. The van der Waals surface area contributed by atoms with E-state index in [9.17, 15) is 5.11 Å². The molecule has 2 aromatic rings. The Morgan fingerprint density at radius 1 is 0.957 bits per heavy atom. The lowest BCUT2D eigenvalue weighted by Crippen LogP contribution is -2.33. The Morgan fingerprint density at radius 2 is 1.61 bits per heavy atom. The summed E-state index contributed by atoms with van der Waals surface area (Å²) in [7, 11) is 0. The summed E-state index contributed by atoms with van der Waals surface area (Å²) >= 11 is 0. The first-order valence-electron chi connectivity index (χ1n) is 7.98. The second-order valence-corrected chi connectivity index (χ2v) is 5.96. The molecule has 1 aliphatic rings. The highest BCUT2D eigenvalue weighted by Gasteiger charge is 2.16. The second-order valence-electron chi connectivity index (χ2n) is 5.96. The molecule has 1 aliphatic heterocycles. The molecule has 23 heavy (non-hydrogen) atoms. The van der Waals surface area contributed by atoms with Crippen LogP contribution in [0.3, 0.4) is 0 Å². The van der Waals surface area contributed by atoms with Crippen LogP contribution < -0.4 is 0 Å². The van der Waals surface area contributed by atoms with Gasteiger partial charge in [-0.3, -0.25) is 4.90 Å². The fourth-order valence-corrected chi connectivity index (χ4v) is 2.96. The number of aliphatic hydroxyl groups is 1. The Labute approximate surface area is 144 Å². The predicted octanol–water partition coefficient (Wildman–Crippen LogP) is 4.02. The molecule has 0 saturated carbocycles. The van der Waals surface area contributed by atoms with E-state index >= 15 is 0 Å². The summed E-state index contributed by atoms with van der Waals surface area (Å²) in [5.41, 5.74) is 3.89. The molecule has 0 radical (unpaired) electrons. The van der Waals surface area contributed by atoms with E-state index in [0.717, 1.165) is 31.5 Å². The van der Waals surface area contributed by atoms with Crippen molar-refractivity contribution in [3.63, 3.8) is 0 Å². The largest absolute Gasteiger partial charge is 0.387 e. The molecule has 1 atom stereocenters. The van der Waals surface area contributed by atoms with Gasteiger partial charge in [-0.2, -0.15) is 0 Å². The van der Waals surface area contributed by atoms with Gasteiger partial charge in [0.2, 0.25) is 0 Å². The quantitative estimate of drug-likeness (QED) is 0.838. The van der Waals surface area contributed by atoms with E-state index in [1.165, 1.54) is 11.1 Å². The average Bonchev–Trinajstić information content (AvgIpc) is 2.58. The lowest BCUT2D eigenvalue weighted by molar-refractivity contribution is 0.117. The van der Waals surface area contributed by atoms with E-state index in [1.807, 2.05) is 30.3 Å². The van der Waals surface area contributed by atoms with Crippen LogP contribution in [0.5, 0.6) is 0 Å². The highest BCUT2D eigenvalue weighted by atomic mass is 35.5. The molecule has 2 nitrogen and oxygen atoms in total. The van der Waals surface area contributed by atoms with E-state index < -0.39 is 6.10 Å². The van der Waals surface area contributed by atoms with Crippen molar-refractivity contribution in [2.75, 3.05) is 19.6 Å². The van der Waals surface area contributed by atoms with Crippen LogP contribution in [0, 0.1) is 0 Å². The number of aliphatic hydroxyl groups excluding tert-OH is 1. The summed E-state index contributed by atoms with van der Waals surface area (Å²) < 4.78 is 0. The molecule has 1 N–H and O–H groups in total. The van der Waals surface area contributed by atoms with Crippen molar-refractivity contribution in [1.82, 2.24) is 4.90 Å². The lowest BCUT2D eigenvalue weighted by atomic mass is 9.99. The van der Waals surface area contributed by atoms with Crippen molar-refractivity contribution in [2.45, 2.75) is 18.9 Å². The standard InChI is InChI=1S/C20H23NO.ClH/c22-20(19-9-5-2-6-10-19)16-21-13-11-18(12-14-21)15-17-7-3-1-4-8-17;/h1-11,20,22H,12-16H2;1H. The molecule has 122 valence electrons. The maximum absolute atomic E-state index is 10.3. The third-order valence-electron chi connectivity index (χ3n) is 4.28. The van der Waals surface area contributed by atoms with Crippen LogP contribution >= 0.6 is 12.4 Å². The van der Waals surface area contributed by atoms with Crippen molar-refractivity contribution in [1.29, 1.82) is 0 Å². The zero-order valence-electron chi connectivity index (χ0n) is 13.3. The van der Waals surface area contributed by atoms with Gasteiger partial charge in [0, 0.05) is 19.6 Å². The first-order chi connectivity index (χ1) is 10.8. The number of halogens is 1. The van der Waals surface area contributed by atoms with Gasteiger partial charge in [0.1, 0.15) is 0 Å². The molecule has 0 aromatic heterocycles. The lowest BCUT2D eigenvalue weighted by Gasteiger charge is -2.28. The molecule has 0 spiro atoms. The van der Waals surface area contributed by atoms with Crippen LogP contribution in [0.25, 0.3) is 0 Å². The number of nitrogens with zero attached hydrogens (tertiary/aromatic N) is 1. The summed E-state index contributed by atoms with van der Waals surface area (Å²) in [6.07, 6.45) is 4.07. The van der Waals surface area contributed by atoms with Gasteiger partial charge in [0.15, 0.2) is 0 Å². The second kappa shape index (κ2) is 8.88. The van der Waals surface area contributed by atoms with Crippen LogP contribution in [0.2, 0.25) is 0 Å². The van der Waals surface area contributed by atoms with Crippen molar-refractivity contribution >= 4 is 12.4 Å². The molecule has 0 amide bonds. The van der Waals surface area contributed by atoms with E-state index in [4.69, 9.17) is 0 Å². The maximum Gasteiger partial charge on any atom is 0.0917 e. The molecule has 3 heteroatoms. The molecule has 0 aliphatic carbocycles. The normalized spacial score (nSPS) is 16.3. The SMILES string of the molecule is Cl.OC(CN1CC=C(Cc2ccccc2)CC1)c1ccccc1. The Balaban J connectivity index is 0.00000192. The molecule has 0 bridgehead atoms. The Bertz CT molecular complexity index is 612. The third-order valence-corrected chi connectivity index (χ3v) is 4.28. The van der Waals surface area contributed by atoms with E-state index in [1.54, 1.807) is 0 Å². The average molecular weight is 330 g/mol. The summed E-state index contributed by atoms with van der Waals surface area (Å²) in [6.45, 7) is 2.67. The van der Waals surface area contributed by atoms with Crippen molar-refractivity contribution in [3.05, 3.63) is 83.4 Å². The molecule has 0 fully saturated rings. The van der Waals surface area contributed by atoms with Crippen molar-refractivity contribution in [3.8, 4) is 0 Å². The van der Waals surface area contributed by atoms with E-state index in [2.05, 4.69) is 41.3 Å². The predicted molar refractivity (Wildman–Crippen MR) is 97.9 cm³/mol. The fourth-order valence-electron chi connectivity index (χ4n) is 2.96. The van der Waals surface area contributed by atoms with Crippen LogP contribution in [0.4, 0.5) is 0 Å². The minimum atomic E-state index is -0.398. The van der Waals surface area contributed by atoms with Gasteiger partial charge < -0.3 is 5.11 Å². The number of hydrogen-bond donors (Lipinski definition) is 1. The molecule has 3 rings (SSSR count). The Kier molecular flexibility index (Phi) is 6.85. The number of benzene rings is 2. The third kappa shape index (κ3) is 5.21. The Hall–Kier alpha value is -1.61. The van der Waals surface area contributed by atoms with Crippen LogP contribution in [0.1, 0.15) is 23.7 Å². The summed E-state index contributed by atoms with van der Waals surface area (Å²) in [6, 6.07) is 20.6. The van der Waals surface area contributed by atoms with Gasteiger partial charge in [-0.25, -0.2) is 0 Å². The van der Waals surface area contributed by atoms with Crippen molar-refractivity contribution < 1.29 is 5.11 Å². The van der Waals surface area contributed by atoms with Gasteiger partial charge in [-0.05, 0) is 24.0 Å². The zero-order valence-corrected chi connectivity index (χ0v) is 14.1. The van der Waals surface area contributed by atoms with Crippen LogP contribution in [0.15, 0.2) is 72.3 Å². The maximum atomic E-state index is 10.3. The monoisotopic (exact) mass is 329 g/mol. The summed E-state index contributed by atoms with van der Waals surface area (Å²) in [5.74, 6) is 0. The van der Waals surface area contributed by atoms with Crippen molar-refractivity contribution in [2.24, 2.45) is 0 Å². The highest BCUT2D eigenvalue weighted by Crippen LogP contribution is 2.19. The fraction of sp³-hybridized carbons (Fsp3) is 0.300. The summed E-state index contributed by atoms with van der Waals surface area (Å²) in [4.78, 5) is 2.33. The van der Waals surface area contributed by atoms with Gasteiger partial charge in [0.25, 0.3) is 0 Å². The Morgan fingerprint density at radius 3 is 2.22 bits per heavy atom. The first kappa shape index (κ1) is 17.7. The van der Waals surface area contributed by atoms with Gasteiger partial charge >= 0.3 is 0 Å². The molecular formula is C20H24ClNO. The number of β-amino-alcohol motifs (C(OH)–C–C–N with tert-alkyl or cyclic N) is 1. The summed E-state index contributed by atoms with van der Waals surface area (Å²) in [5, 5.41) is 10.3. The number of rotatable bonds is 5. The molecular weight excluding hydrogens is 306 g/mol.